The van der Waals surface area contributed by atoms with Gasteiger partial charge in [-0.25, -0.2) is 0 Å². The Morgan fingerprint density at radius 1 is 0.591 bits per heavy atom. The minimum Gasteiger partial charge on any atom is -0.0616 e. The molecule has 0 aromatic heterocycles. The van der Waals surface area contributed by atoms with E-state index in [9.17, 15) is 0 Å². The van der Waals surface area contributed by atoms with Crippen molar-refractivity contribution >= 4 is 32.3 Å². The van der Waals surface area contributed by atoms with E-state index in [-0.39, 0.29) is 0 Å². The summed E-state index contributed by atoms with van der Waals surface area (Å²) in [6, 6.07) is 17.9. The van der Waals surface area contributed by atoms with Crippen molar-refractivity contribution in [3.8, 4) is 0 Å². The van der Waals surface area contributed by atoms with E-state index in [2.05, 4.69) is 76.2 Å². The molecule has 22 heavy (non-hydrogen) atoms. The molecule has 0 aliphatic heterocycles. The first-order chi connectivity index (χ1) is 10.6. The molecule has 0 unspecified atom stereocenters. The fraction of sp³-hybridized carbons (Fsp3) is 0.182. The topological polar surface area (TPSA) is 0 Å². The second kappa shape index (κ2) is 4.58. The number of fused-ring (bicyclic) bond motifs is 4. The van der Waals surface area contributed by atoms with Gasteiger partial charge in [0.2, 0.25) is 0 Å². The Morgan fingerprint density at radius 2 is 1.36 bits per heavy atom. The summed E-state index contributed by atoms with van der Waals surface area (Å²) in [7, 11) is 0. The molecule has 0 heteroatoms. The van der Waals surface area contributed by atoms with Gasteiger partial charge in [-0.1, -0.05) is 54.1 Å². The molecule has 0 fully saturated rings. The van der Waals surface area contributed by atoms with Gasteiger partial charge >= 0.3 is 0 Å². The fourth-order valence-electron chi connectivity index (χ4n) is 4.02. The maximum atomic E-state index is 2.33. The summed E-state index contributed by atoms with van der Waals surface area (Å²) in [5, 5.41) is 8.30. The fourth-order valence-corrected chi connectivity index (χ4v) is 4.02. The van der Waals surface area contributed by atoms with Gasteiger partial charge in [-0.2, -0.15) is 0 Å². The summed E-state index contributed by atoms with van der Waals surface area (Å²) in [4.78, 5) is 0. The molecule has 0 saturated carbocycles. The molecule has 0 atom stereocenters. The van der Waals surface area contributed by atoms with Crippen molar-refractivity contribution in [2.24, 2.45) is 0 Å². The molecular formula is C22H20. The van der Waals surface area contributed by atoms with Gasteiger partial charge < -0.3 is 0 Å². The molecule has 4 aromatic carbocycles. The second-order valence-electron chi connectivity index (χ2n) is 6.46. The largest absolute Gasteiger partial charge is 0.0616 e. The van der Waals surface area contributed by atoms with E-state index < -0.39 is 0 Å². The van der Waals surface area contributed by atoms with E-state index in [4.69, 9.17) is 0 Å². The Labute approximate surface area is 131 Å². The van der Waals surface area contributed by atoms with Crippen LogP contribution < -0.4 is 0 Å². The summed E-state index contributed by atoms with van der Waals surface area (Å²) >= 11 is 0. The van der Waals surface area contributed by atoms with Gasteiger partial charge in [0, 0.05) is 0 Å². The van der Waals surface area contributed by atoms with Crippen LogP contribution in [0.4, 0.5) is 0 Å². The molecule has 4 rings (SSSR count). The summed E-state index contributed by atoms with van der Waals surface area (Å²) in [5.41, 5.74) is 5.52. The third kappa shape index (κ3) is 1.70. The minimum atomic E-state index is 1.32. The predicted molar refractivity (Wildman–Crippen MR) is 97.9 cm³/mol. The average Bonchev–Trinajstić information content (AvgIpc) is 2.51. The Bertz CT molecular complexity index is 1050. The molecule has 108 valence electrons. The van der Waals surface area contributed by atoms with Crippen LogP contribution in [-0.4, -0.2) is 0 Å². The Balaban J connectivity index is 2.37. The zero-order chi connectivity index (χ0) is 15.4. The molecule has 0 N–H and O–H groups in total. The van der Waals surface area contributed by atoms with Crippen LogP contribution in [0.25, 0.3) is 32.3 Å². The van der Waals surface area contributed by atoms with Gasteiger partial charge in [0.05, 0.1) is 0 Å². The van der Waals surface area contributed by atoms with E-state index in [0.717, 1.165) is 0 Å². The van der Waals surface area contributed by atoms with Crippen LogP contribution in [0.15, 0.2) is 48.5 Å². The highest BCUT2D eigenvalue weighted by Gasteiger charge is 2.13. The predicted octanol–water partition coefficient (Wildman–Crippen LogP) is 6.38. The lowest BCUT2D eigenvalue weighted by Crippen LogP contribution is -1.92. The van der Waals surface area contributed by atoms with Gasteiger partial charge in [0.1, 0.15) is 0 Å². The highest BCUT2D eigenvalue weighted by molar-refractivity contribution is 6.17. The van der Waals surface area contributed by atoms with Crippen LogP contribution in [0.2, 0.25) is 0 Å². The lowest BCUT2D eigenvalue weighted by Gasteiger charge is -2.16. The Morgan fingerprint density at radius 3 is 2.18 bits per heavy atom. The van der Waals surface area contributed by atoms with Gasteiger partial charge in [0.15, 0.2) is 0 Å². The van der Waals surface area contributed by atoms with Crippen molar-refractivity contribution in [2.75, 3.05) is 0 Å². The Hall–Kier alpha value is -2.34. The standard InChI is InChI=1S/C22H20/c1-13-11-14(2)21-16(4)22-18(15(3)20(21)12-13)10-9-17-7-5-6-8-19(17)22/h5-12H,1-4H3. The van der Waals surface area contributed by atoms with Gasteiger partial charge in [0.25, 0.3) is 0 Å². The summed E-state index contributed by atoms with van der Waals surface area (Å²) in [6.45, 7) is 8.96. The zero-order valence-corrected chi connectivity index (χ0v) is 13.6. The van der Waals surface area contributed by atoms with E-state index in [1.807, 2.05) is 0 Å². The van der Waals surface area contributed by atoms with Crippen molar-refractivity contribution in [1.82, 2.24) is 0 Å². The van der Waals surface area contributed by atoms with E-state index in [1.165, 1.54) is 54.6 Å². The molecule has 0 heterocycles. The molecule has 4 aromatic rings. The lowest BCUT2D eigenvalue weighted by atomic mass is 9.87. The third-order valence-electron chi connectivity index (χ3n) is 4.97. The normalized spacial score (nSPS) is 11.6. The molecule has 0 bridgehead atoms. The molecule has 0 radical (unpaired) electrons. The smallest absolute Gasteiger partial charge is 0.00670 e. The number of benzene rings is 4. The van der Waals surface area contributed by atoms with Gasteiger partial charge in [-0.05, 0) is 76.7 Å². The average molecular weight is 284 g/mol. The SMILES string of the molecule is Cc1cc(C)c2c(C)c3c(ccc4ccccc43)c(C)c2c1. The number of hydrogen-bond donors (Lipinski definition) is 0. The first-order valence-corrected chi connectivity index (χ1v) is 7.89. The van der Waals surface area contributed by atoms with Crippen LogP contribution >= 0.6 is 0 Å². The van der Waals surface area contributed by atoms with Crippen molar-refractivity contribution in [2.45, 2.75) is 27.7 Å². The second-order valence-corrected chi connectivity index (χ2v) is 6.46. The van der Waals surface area contributed by atoms with Crippen molar-refractivity contribution in [1.29, 1.82) is 0 Å². The number of hydrogen-bond acceptors (Lipinski definition) is 0. The van der Waals surface area contributed by atoms with Gasteiger partial charge in [-0.3, -0.25) is 0 Å². The van der Waals surface area contributed by atoms with Crippen molar-refractivity contribution in [3.05, 3.63) is 70.8 Å². The van der Waals surface area contributed by atoms with Gasteiger partial charge in [-0.15, -0.1) is 0 Å². The summed E-state index contributed by atoms with van der Waals surface area (Å²) < 4.78 is 0. The van der Waals surface area contributed by atoms with Crippen LogP contribution in [-0.2, 0) is 0 Å². The van der Waals surface area contributed by atoms with Crippen LogP contribution in [0.5, 0.6) is 0 Å². The molecule has 0 saturated heterocycles. The first-order valence-electron chi connectivity index (χ1n) is 7.89. The molecule has 0 nitrogen and oxygen atoms in total. The third-order valence-corrected chi connectivity index (χ3v) is 4.97. The zero-order valence-electron chi connectivity index (χ0n) is 13.6. The molecule has 0 aliphatic carbocycles. The maximum Gasteiger partial charge on any atom is -0.00670 e. The quantitative estimate of drug-likeness (QED) is 0.259. The van der Waals surface area contributed by atoms with Crippen LogP contribution in [0, 0.1) is 27.7 Å². The first kappa shape index (κ1) is 13.3. The minimum absolute atomic E-state index is 1.32. The van der Waals surface area contributed by atoms with Crippen molar-refractivity contribution < 1.29 is 0 Å². The van der Waals surface area contributed by atoms with Crippen LogP contribution in [0.3, 0.4) is 0 Å². The molecule has 0 spiro atoms. The molecule has 0 amide bonds. The number of rotatable bonds is 0. The summed E-state index contributed by atoms with van der Waals surface area (Å²) in [5.74, 6) is 0. The highest BCUT2D eigenvalue weighted by atomic mass is 14.2. The lowest BCUT2D eigenvalue weighted by molar-refractivity contribution is 1.40. The molecule has 0 aliphatic rings. The Kier molecular flexibility index (Phi) is 2.77. The maximum absolute atomic E-state index is 2.33. The van der Waals surface area contributed by atoms with E-state index in [1.54, 1.807) is 0 Å². The number of aryl methyl sites for hydroxylation is 4. The highest BCUT2D eigenvalue weighted by Crippen LogP contribution is 2.38. The van der Waals surface area contributed by atoms with E-state index in [0.29, 0.717) is 0 Å². The monoisotopic (exact) mass is 284 g/mol. The van der Waals surface area contributed by atoms with Crippen LogP contribution in [0.1, 0.15) is 22.3 Å². The summed E-state index contributed by atoms with van der Waals surface area (Å²) in [6.07, 6.45) is 0. The van der Waals surface area contributed by atoms with E-state index >= 15 is 0 Å². The van der Waals surface area contributed by atoms with Crippen molar-refractivity contribution in [3.63, 3.8) is 0 Å². The molecular weight excluding hydrogens is 264 g/mol.